The van der Waals surface area contributed by atoms with Crippen molar-refractivity contribution >= 4 is 0 Å². The van der Waals surface area contributed by atoms with Gasteiger partial charge < -0.3 is 10.4 Å². The number of hydrogen-bond donors (Lipinski definition) is 2. The molecule has 0 heterocycles. The van der Waals surface area contributed by atoms with Crippen molar-refractivity contribution in [2.45, 2.75) is 31.4 Å². The van der Waals surface area contributed by atoms with E-state index >= 15 is 0 Å². The Balaban J connectivity index is 1.63. The highest BCUT2D eigenvalue weighted by molar-refractivity contribution is 5.32. The van der Waals surface area contributed by atoms with Gasteiger partial charge in [0, 0.05) is 12.0 Å². The van der Waals surface area contributed by atoms with E-state index < -0.39 is 6.10 Å². The molecule has 0 bridgehead atoms. The lowest BCUT2D eigenvalue weighted by Crippen LogP contribution is -2.33. The molecule has 2 heteroatoms. The van der Waals surface area contributed by atoms with E-state index in [0.29, 0.717) is 5.92 Å². The van der Waals surface area contributed by atoms with Crippen molar-refractivity contribution in [2.75, 3.05) is 6.54 Å². The monoisotopic (exact) mass is 345 g/mol. The van der Waals surface area contributed by atoms with Crippen LogP contribution in [-0.4, -0.2) is 17.7 Å². The van der Waals surface area contributed by atoms with Gasteiger partial charge in [0.2, 0.25) is 0 Å². The average molecular weight is 345 g/mol. The lowest BCUT2D eigenvalue weighted by atomic mass is 9.88. The third kappa shape index (κ3) is 4.81. The second-order valence-electron chi connectivity index (χ2n) is 6.76. The Hall–Kier alpha value is -2.42. The normalized spacial score (nSPS) is 13.5. The maximum atomic E-state index is 10.5. The molecule has 0 fully saturated rings. The third-order valence-corrected chi connectivity index (χ3v) is 4.92. The Morgan fingerprint density at radius 2 is 1.12 bits per heavy atom. The van der Waals surface area contributed by atoms with Crippen LogP contribution < -0.4 is 5.32 Å². The van der Waals surface area contributed by atoms with Crippen LogP contribution in [0.15, 0.2) is 91.0 Å². The van der Waals surface area contributed by atoms with Gasteiger partial charge in [0.15, 0.2) is 0 Å². The highest BCUT2D eigenvalue weighted by Gasteiger charge is 2.17. The van der Waals surface area contributed by atoms with Gasteiger partial charge in [-0.3, -0.25) is 0 Å². The second kappa shape index (κ2) is 9.33. The summed E-state index contributed by atoms with van der Waals surface area (Å²) in [7, 11) is 0. The molecule has 134 valence electrons. The highest BCUT2D eigenvalue weighted by atomic mass is 16.3. The summed E-state index contributed by atoms with van der Waals surface area (Å²) in [5.74, 6) is 0.353. The van der Waals surface area contributed by atoms with E-state index in [1.807, 2.05) is 37.3 Å². The Morgan fingerprint density at radius 3 is 1.58 bits per heavy atom. The molecule has 2 nitrogen and oxygen atoms in total. The number of hydrogen-bond acceptors (Lipinski definition) is 2. The van der Waals surface area contributed by atoms with E-state index in [1.54, 1.807) is 0 Å². The largest absolute Gasteiger partial charge is 0.387 e. The molecular weight excluding hydrogens is 318 g/mol. The van der Waals surface area contributed by atoms with Crippen molar-refractivity contribution in [1.29, 1.82) is 0 Å². The second-order valence-corrected chi connectivity index (χ2v) is 6.76. The molecule has 0 amide bonds. The minimum absolute atomic E-state index is 0.00426. The summed E-state index contributed by atoms with van der Waals surface area (Å²) in [5.41, 5.74) is 3.61. The maximum Gasteiger partial charge on any atom is 0.0940 e. The SMILES string of the molecule is C[C@H](NCCC(c1ccccc1)c1ccccc1)[C@@H](O)c1ccccc1. The first kappa shape index (κ1) is 18.4. The van der Waals surface area contributed by atoms with Gasteiger partial charge in [-0.15, -0.1) is 0 Å². The van der Waals surface area contributed by atoms with Gasteiger partial charge in [-0.1, -0.05) is 91.0 Å². The zero-order valence-corrected chi connectivity index (χ0v) is 15.3. The molecule has 26 heavy (non-hydrogen) atoms. The molecule has 0 aliphatic heterocycles. The van der Waals surface area contributed by atoms with Gasteiger partial charge in [0.25, 0.3) is 0 Å². The van der Waals surface area contributed by atoms with E-state index in [9.17, 15) is 5.11 Å². The van der Waals surface area contributed by atoms with Gasteiger partial charge in [0.05, 0.1) is 6.10 Å². The van der Waals surface area contributed by atoms with Gasteiger partial charge >= 0.3 is 0 Å². The Bertz CT molecular complexity index is 718. The maximum absolute atomic E-state index is 10.5. The number of rotatable bonds is 8. The first-order valence-electron chi connectivity index (χ1n) is 9.32. The van der Waals surface area contributed by atoms with Crippen LogP contribution in [-0.2, 0) is 0 Å². The molecule has 0 spiro atoms. The average Bonchev–Trinajstić information content (AvgIpc) is 2.72. The van der Waals surface area contributed by atoms with E-state index in [4.69, 9.17) is 0 Å². The van der Waals surface area contributed by atoms with Crippen LogP contribution in [0.3, 0.4) is 0 Å². The van der Waals surface area contributed by atoms with E-state index in [1.165, 1.54) is 11.1 Å². The summed E-state index contributed by atoms with van der Waals surface area (Å²) >= 11 is 0. The van der Waals surface area contributed by atoms with Gasteiger partial charge in [-0.2, -0.15) is 0 Å². The Morgan fingerprint density at radius 1 is 0.692 bits per heavy atom. The lowest BCUT2D eigenvalue weighted by Gasteiger charge is -2.23. The summed E-state index contributed by atoms with van der Waals surface area (Å²) in [4.78, 5) is 0. The van der Waals surface area contributed by atoms with Crippen molar-refractivity contribution in [1.82, 2.24) is 5.32 Å². The predicted octanol–water partition coefficient (Wildman–Crippen LogP) is 4.92. The fourth-order valence-corrected chi connectivity index (χ4v) is 3.40. The Kier molecular flexibility index (Phi) is 6.59. The summed E-state index contributed by atoms with van der Waals surface area (Å²) in [5, 5.41) is 14.0. The van der Waals surface area contributed by atoms with Crippen molar-refractivity contribution in [2.24, 2.45) is 0 Å². The molecule has 3 aromatic rings. The first-order valence-corrected chi connectivity index (χ1v) is 9.32. The Labute approximate surface area is 156 Å². The zero-order chi connectivity index (χ0) is 18.2. The highest BCUT2D eigenvalue weighted by Crippen LogP contribution is 2.27. The van der Waals surface area contributed by atoms with Crippen LogP contribution in [0, 0.1) is 0 Å². The van der Waals surface area contributed by atoms with Gasteiger partial charge in [-0.05, 0) is 36.6 Å². The molecule has 2 atom stereocenters. The summed E-state index contributed by atoms with van der Waals surface area (Å²) in [6.45, 7) is 2.89. The molecular formula is C24H27NO. The number of benzene rings is 3. The number of nitrogens with one attached hydrogen (secondary N) is 1. The number of aliphatic hydroxyl groups excluding tert-OH is 1. The third-order valence-electron chi connectivity index (χ3n) is 4.92. The molecule has 0 saturated carbocycles. The van der Waals surface area contributed by atoms with Crippen molar-refractivity contribution in [3.8, 4) is 0 Å². The van der Waals surface area contributed by atoms with Crippen LogP contribution in [0.4, 0.5) is 0 Å². The van der Waals surface area contributed by atoms with Crippen LogP contribution in [0.1, 0.15) is 42.1 Å². The van der Waals surface area contributed by atoms with Crippen molar-refractivity contribution in [3.63, 3.8) is 0 Å². The van der Waals surface area contributed by atoms with Crippen LogP contribution in [0.25, 0.3) is 0 Å². The van der Waals surface area contributed by atoms with E-state index in [-0.39, 0.29) is 6.04 Å². The minimum Gasteiger partial charge on any atom is -0.387 e. The molecule has 0 radical (unpaired) electrons. The van der Waals surface area contributed by atoms with Crippen LogP contribution in [0.2, 0.25) is 0 Å². The standard InChI is InChI=1S/C24H27NO/c1-19(24(26)22-15-9-4-10-16-22)25-18-17-23(20-11-5-2-6-12-20)21-13-7-3-8-14-21/h2-16,19,23-26H,17-18H2,1H3/t19-,24+/m0/s1. The van der Waals surface area contributed by atoms with Gasteiger partial charge in [0.1, 0.15) is 0 Å². The van der Waals surface area contributed by atoms with Gasteiger partial charge in [-0.25, -0.2) is 0 Å². The fraction of sp³-hybridized carbons (Fsp3) is 0.250. The zero-order valence-electron chi connectivity index (χ0n) is 15.3. The molecule has 0 unspecified atom stereocenters. The number of aliphatic hydroxyl groups is 1. The lowest BCUT2D eigenvalue weighted by molar-refractivity contribution is 0.136. The van der Waals surface area contributed by atoms with Crippen molar-refractivity contribution in [3.05, 3.63) is 108 Å². The first-order chi connectivity index (χ1) is 12.8. The summed E-state index contributed by atoms with van der Waals surface area (Å²) < 4.78 is 0. The smallest absolute Gasteiger partial charge is 0.0940 e. The molecule has 0 aliphatic rings. The predicted molar refractivity (Wildman–Crippen MR) is 108 cm³/mol. The van der Waals surface area contributed by atoms with Crippen LogP contribution >= 0.6 is 0 Å². The van der Waals surface area contributed by atoms with Crippen molar-refractivity contribution < 1.29 is 5.11 Å². The molecule has 0 aliphatic carbocycles. The summed E-state index contributed by atoms with van der Waals surface area (Å²) in [6.07, 6.45) is 0.489. The van der Waals surface area contributed by atoms with E-state index in [0.717, 1.165) is 18.5 Å². The molecule has 3 rings (SSSR count). The van der Waals surface area contributed by atoms with E-state index in [2.05, 4.69) is 66.0 Å². The quantitative estimate of drug-likeness (QED) is 0.607. The fourth-order valence-electron chi connectivity index (χ4n) is 3.40. The topological polar surface area (TPSA) is 32.3 Å². The van der Waals surface area contributed by atoms with Crippen LogP contribution in [0.5, 0.6) is 0 Å². The molecule has 0 aromatic heterocycles. The minimum atomic E-state index is -0.497. The molecule has 2 N–H and O–H groups in total. The molecule has 0 saturated heterocycles. The molecule has 3 aromatic carbocycles. The summed E-state index contributed by atoms with van der Waals surface area (Å²) in [6, 6.07) is 31.1.